The van der Waals surface area contributed by atoms with Crippen LogP contribution in [0.2, 0.25) is 0 Å². The number of benzene rings is 2. The van der Waals surface area contributed by atoms with E-state index in [1.807, 2.05) is 32.9 Å². The summed E-state index contributed by atoms with van der Waals surface area (Å²) >= 11 is 1.03. The van der Waals surface area contributed by atoms with Gasteiger partial charge in [-0.2, -0.15) is 5.26 Å². The van der Waals surface area contributed by atoms with Crippen LogP contribution < -0.4 is 21.9 Å². The number of nitriles is 1. The van der Waals surface area contributed by atoms with Gasteiger partial charge in [0.2, 0.25) is 0 Å². The average Bonchev–Trinajstić information content (AvgIpc) is 3.87. The zero-order valence-electron chi connectivity index (χ0n) is 29.7. The molecule has 2 aromatic carbocycles. The maximum atomic E-state index is 15.0. The number of anilines is 1. The van der Waals surface area contributed by atoms with Gasteiger partial charge in [-0.25, -0.2) is 4.39 Å². The molecule has 3 aliphatic heterocycles. The Balaban J connectivity index is 0.00000239. The Bertz CT molecular complexity index is 1890. The number of hydrogen-bond donors (Lipinski definition) is 5. The number of likely N-dealkylation sites (N-methyl/N-ethyl adjacent to an activating group) is 1. The Morgan fingerprint density at radius 3 is 2.80 bits per heavy atom. The largest absolute Gasteiger partial charge is 0.507 e. The SMILES string of the molecule is CC.CCC/C=C(/NC(=NCC1=CC=CNN1)c1c(C)c(O)c(-c2ccc(F)c3sc(N)c(C#N)c23)c2c1COC2)OC(C)C1CCCN1C. The molecule has 6 N–H and O–H groups in total. The van der Waals surface area contributed by atoms with Crippen molar-refractivity contribution in [3.8, 4) is 22.9 Å². The van der Waals surface area contributed by atoms with Gasteiger partial charge in [0, 0.05) is 34.3 Å². The lowest BCUT2D eigenvalue weighted by molar-refractivity contribution is 0.0569. The number of nitrogens with two attached hydrogens (primary N) is 1. The van der Waals surface area contributed by atoms with Gasteiger partial charge in [0.05, 0.1) is 35.7 Å². The third kappa shape index (κ3) is 7.31. The Hall–Kier alpha value is -4.57. The predicted molar refractivity (Wildman–Crippen MR) is 200 cm³/mol. The molecule has 1 aromatic heterocycles. The van der Waals surface area contributed by atoms with E-state index in [2.05, 4.69) is 54.1 Å². The van der Waals surface area contributed by atoms with Crippen molar-refractivity contribution in [1.82, 2.24) is 21.1 Å². The number of likely N-dealkylation sites (tertiary alicyclic amines) is 1. The van der Waals surface area contributed by atoms with Gasteiger partial charge in [-0.3, -0.25) is 9.89 Å². The van der Waals surface area contributed by atoms with Crippen LogP contribution in [0, 0.1) is 24.1 Å². The average molecular weight is 702 g/mol. The molecule has 6 rings (SSSR count). The van der Waals surface area contributed by atoms with E-state index in [0.717, 1.165) is 60.4 Å². The number of thiophene rings is 1. The van der Waals surface area contributed by atoms with E-state index in [1.165, 1.54) is 6.07 Å². The Morgan fingerprint density at radius 2 is 2.12 bits per heavy atom. The van der Waals surface area contributed by atoms with E-state index in [1.54, 1.807) is 12.3 Å². The summed E-state index contributed by atoms with van der Waals surface area (Å²) in [5.41, 5.74) is 17.3. The van der Waals surface area contributed by atoms with Crippen molar-refractivity contribution in [2.75, 3.05) is 25.9 Å². The van der Waals surface area contributed by atoms with Crippen molar-refractivity contribution < 1.29 is 19.0 Å². The van der Waals surface area contributed by atoms with E-state index in [-0.39, 0.29) is 40.3 Å². The second-order valence-electron chi connectivity index (χ2n) is 12.4. The summed E-state index contributed by atoms with van der Waals surface area (Å²) in [5.74, 6) is 0.677. The summed E-state index contributed by atoms with van der Waals surface area (Å²) in [5, 5.41) is 26.1. The molecule has 2 unspecified atom stereocenters. The molecule has 10 nitrogen and oxygen atoms in total. The number of nitrogen functional groups attached to an aromatic ring is 1. The van der Waals surface area contributed by atoms with Gasteiger partial charge in [-0.15, -0.1) is 11.3 Å². The molecule has 0 bridgehead atoms. The molecule has 0 aliphatic carbocycles. The molecule has 1 fully saturated rings. The first-order chi connectivity index (χ1) is 24.2. The van der Waals surface area contributed by atoms with Crippen LogP contribution in [0.1, 0.15) is 81.2 Å². The predicted octanol–water partition coefficient (Wildman–Crippen LogP) is 7.21. The topological polar surface area (TPSA) is 140 Å². The van der Waals surface area contributed by atoms with Crippen LogP contribution >= 0.6 is 11.3 Å². The first-order valence-corrected chi connectivity index (χ1v) is 18.2. The van der Waals surface area contributed by atoms with Crippen LogP contribution in [0.5, 0.6) is 5.75 Å². The van der Waals surface area contributed by atoms with E-state index in [9.17, 15) is 14.8 Å². The fourth-order valence-electron chi connectivity index (χ4n) is 6.82. The highest BCUT2D eigenvalue weighted by Crippen LogP contribution is 2.48. The highest BCUT2D eigenvalue weighted by molar-refractivity contribution is 7.23. The summed E-state index contributed by atoms with van der Waals surface area (Å²) < 4.78 is 27.9. The summed E-state index contributed by atoms with van der Waals surface area (Å²) in [6, 6.07) is 5.40. The lowest BCUT2D eigenvalue weighted by atomic mass is 9.86. The number of allylic oxidation sites excluding steroid dienone is 3. The van der Waals surface area contributed by atoms with Gasteiger partial charge < -0.3 is 36.5 Å². The molecular formula is C38H48FN7O3S. The maximum absolute atomic E-state index is 15.0. The van der Waals surface area contributed by atoms with Crippen molar-refractivity contribution in [2.24, 2.45) is 4.99 Å². The van der Waals surface area contributed by atoms with E-state index < -0.39 is 5.82 Å². The zero-order chi connectivity index (χ0) is 35.9. The number of phenols is 1. The Morgan fingerprint density at radius 1 is 1.34 bits per heavy atom. The van der Waals surface area contributed by atoms with E-state index in [0.29, 0.717) is 51.9 Å². The minimum atomic E-state index is -0.467. The number of rotatable bonds is 10. The number of amidine groups is 1. The number of hydrogen-bond acceptors (Lipinski definition) is 10. The number of ether oxygens (including phenoxy) is 2. The minimum absolute atomic E-state index is 0.00545. The molecular weight excluding hydrogens is 654 g/mol. The third-order valence-electron chi connectivity index (χ3n) is 9.27. The minimum Gasteiger partial charge on any atom is -0.507 e. The number of halogens is 1. The molecule has 0 saturated carbocycles. The number of nitrogens with zero attached hydrogens (tertiary/aromatic N) is 3. The number of hydrazine groups is 1. The van der Waals surface area contributed by atoms with Gasteiger partial charge >= 0.3 is 0 Å². The van der Waals surface area contributed by atoms with Crippen molar-refractivity contribution in [1.29, 1.82) is 5.26 Å². The van der Waals surface area contributed by atoms with Gasteiger partial charge in [0.25, 0.3) is 0 Å². The molecule has 12 heteroatoms. The normalized spacial score (nSPS) is 18.0. The first-order valence-electron chi connectivity index (χ1n) is 17.4. The molecule has 50 heavy (non-hydrogen) atoms. The van der Waals surface area contributed by atoms with Crippen LogP contribution in [0.25, 0.3) is 21.2 Å². The highest BCUT2D eigenvalue weighted by atomic mass is 32.1. The monoisotopic (exact) mass is 701 g/mol. The lowest BCUT2D eigenvalue weighted by Crippen LogP contribution is -2.38. The Kier molecular flexibility index (Phi) is 12.1. The van der Waals surface area contributed by atoms with Crippen LogP contribution in [0.4, 0.5) is 9.39 Å². The Labute approximate surface area is 298 Å². The lowest BCUT2D eigenvalue weighted by Gasteiger charge is -2.29. The quantitative estimate of drug-likeness (QED) is 0.0843. The first kappa shape index (κ1) is 36.7. The molecule has 0 spiro atoms. The smallest absolute Gasteiger partial charge is 0.188 e. The van der Waals surface area contributed by atoms with Gasteiger partial charge in [0.15, 0.2) is 5.88 Å². The number of aromatic hydroxyl groups is 1. The van der Waals surface area contributed by atoms with Gasteiger partial charge in [0.1, 0.15) is 34.6 Å². The van der Waals surface area contributed by atoms with Gasteiger partial charge in [-0.1, -0.05) is 33.3 Å². The van der Waals surface area contributed by atoms with Crippen LogP contribution in [-0.4, -0.2) is 48.1 Å². The summed E-state index contributed by atoms with van der Waals surface area (Å²) in [7, 11) is 2.14. The number of unbranched alkanes of at least 4 members (excludes halogenated alkanes) is 1. The van der Waals surface area contributed by atoms with Crippen LogP contribution in [-0.2, 0) is 22.7 Å². The summed E-state index contributed by atoms with van der Waals surface area (Å²) in [4.78, 5) is 7.40. The van der Waals surface area contributed by atoms with Crippen molar-refractivity contribution >= 4 is 32.3 Å². The van der Waals surface area contributed by atoms with Crippen LogP contribution in [0.3, 0.4) is 0 Å². The number of phenolic OH excluding ortho intramolecular Hbond substituents is 1. The second kappa shape index (κ2) is 16.4. The molecule has 266 valence electrons. The number of nitrogens with one attached hydrogen (secondary N) is 3. The zero-order valence-corrected chi connectivity index (χ0v) is 30.6. The standard InChI is InChI=1S/C36H42FN7O3S.C2H6/c1-5-6-11-29(47-21(3)28-10-8-15-44(28)4)42-36(40-17-22-9-7-14-41-43-22)30-20(2)33(45)31(26-19-46-18-25(26)30)23-12-13-27(37)34-32(23)24(16-38)35(39)48-34;1-2/h7,9,11-14,21,28,41,43,45H,5-6,8,10,15,17-19,39H2,1-4H3,(H,40,42);1-2H3/b29-11-;. The van der Waals surface area contributed by atoms with Crippen molar-refractivity contribution in [3.05, 3.63) is 81.8 Å². The fraction of sp³-hybridized carbons (Fsp3) is 0.421. The summed E-state index contributed by atoms with van der Waals surface area (Å²) in [6.45, 7) is 11.9. The van der Waals surface area contributed by atoms with E-state index in [4.69, 9.17) is 20.2 Å². The maximum Gasteiger partial charge on any atom is 0.188 e. The number of aliphatic imine (C=N–C) groups is 1. The third-order valence-corrected chi connectivity index (χ3v) is 10.3. The molecule has 4 heterocycles. The molecule has 3 aliphatic rings. The molecule has 0 radical (unpaired) electrons. The molecule has 3 aromatic rings. The van der Waals surface area contributed by atoms with Gasteiger partial charge in [-0.05, 0) is 87.7 Å². The highest BCUT2D eigenvalue weighted by Gasteiger charge is 2.32. The van der Waals surface area contributed by atoms with Crippen molar-refractivity contribution in [2.45, 2.75) is 85.7 Å². The molecule has 0 amide bonds. The van der Waals surface area contributed by atoms with Crippen molar-refractivity contribution in [3.63, 3.8) is 0 Å². The molecule has 2 atom stereocenters. The second-order valence-corrected chi connectivity index (χ2v) is 13.5. The fourth-order valence-corrected chi connectivity index (χ4v) is 7.77. The molecule has 1 saturated heterocycles. The van der Waals surface area contributed by atoms with Crippen LogP contribution in [0.15, 0.2) is 53.1 Å². The summed E-state index contributed by atoms with van der Waals surface area (Å²) in [6.07, 6.45) is 11.6. The number of fused-ring (bicyclic) bond motifs is 2. The van der Waals surface area contributed by atoms with E-state index >= 15 is 0 Å².